The van der Waals surface area contributed by atoms with Gasteiger partial charge in [0.05, 0.1) is 16.9 Å². The lowest BCUT2D eigenvalue weighted by Gasteiger charge is -2.19. The molecule has 1 aliphatic rings. The number of esters is 1. The maximum absolute atomic E-state index is 12.0. The Morgan fingerprint density at radius 3 is 2.30 bits per heavy atom. The molecule has 1 heterocycles. The fraction of sp³-hybridized carbons (Fsp3) is 0.583. The number of thioether (sulfide) groups is 2. The fourth-order valence-corrected chi connectivity index (χ4v) is 2.69. The van der Waals surface area contributed by atoms with Crippen molar-refractivity contribution in [2.24, 2.45) is 0 Å². The van der Waals surface area contributed by atoms with Crippen molar-refractivity contribution in [2.45, 2.75) is 33.3 Å². The van der Waals surface area contributed by atoms with Crippen LogP contribution < -0.4 is 0 Å². The van der Waals surface area contributed by atoms with Crippen LogP contribution in [0.3, 0.4) is 0 Å². The zero-order chi connectivity index (χ0) is 15.1. The van der Waals surface area contributed by atoms with Crippen molar-refractivity contribution >= 4 is 41.2 Å². The fourth-order valence-electron chi connectivity index (χ4n) is 1.11. The zero-order valence-corrected chi connectivity index (χ0v) is 13.1. The lowest BCUT2D eigenvalue weighted by atomic mass is 10.2. The number of carbonyl (C=O) groups is 3. The lowest BCUT2D eigenvalue weighted by Crippen LogP contribution is -2.28. The van der Waals surface area contributed by atoms with Gasteiger partial charge in [0.25, 0.3) is 5.78 Å². The minimum absolute atomic E-state index is 0.117. The van der Waals surface area contributed by atoms with E-state index in [0.717, 1.165) is 5.08 Å². The van der Waals surface area contributed by atoms with Crippen molar-refractivity contribution in [3.05, 3.63) is 9.81 Å². The van der Waals surface area contributed by atoms with Gasteiger partial charge in [0.1, 0.15) is 5.57 Å². The average Bonchev–Trinajstić information content (AvgIpc) is 2.38. The molecule has 20 heavy (non-hydrogen) atoms. The Bertz CT molecular complexity index is 426. The Hall–Kier alpha value is -0.990. The van der Waals surface area contributed by atoms with Gasteiger partial charge in [-0.1, -0.05) is 6.92 Å². The summed E-state index contributed by atoms with van der Waals surface area (Å²) in [7, 11) is 0. The van der Waals surface area contributed by atoms with Crippen molar-refractivity contribution in [3.63, 3.8) is 0 Å². The van der Waals surface area contributed by atoms with E-state index in [2.05, 4.69) is 9.78 Å². The molecule has 1 rings (SSSR count). The van der Waals surface area contributed by atoms with E-state index in [4.69, 9.17) is 4.74 Å². The predicted molar refractivity (Wildman–Crippen MR) is 75.6 cm³/mol. The highest BCUT2D eigenvalue weighted by Gasteiger charge is 2.35. The molecule has 0 radical (unpaired) electrons. The van der Waals surface area contributed by atoms with Gasteiger partial charge >= 0.3 is 11.9 Å². The Labute approximate surface area is 125 Å². The van der Waals surface area contributed by atoms with E-state index in [9.17, 15) is 14.4 Å². The maximum atomic E-state index is 12.0. The highest BCUT2D eigenvalue weighted by molar-refractivity contribution is 8.37. The van der Waals surface area contributed by atoms with E-state index in [0.29, 0.717) is 10.7 Å². The first kappa shape index (κ1) is 17.1. The number of ether oxygens (including phenoxy) is 1. The summed E-state index contributed by atoms with van der Waals surface area (Å²) in [6.45, 7) is 5.28. The van der Waals surface area contributed by atoms with E-state index in [-0.39, 0.29) is 18.3 Å². The molecule has 0 aromatic heterocycles. The van der Waals surface area contributed by atoms with Gasteiger partial charge in [0, 0.05) is 5.08 Å². The van der Waals surface area contributed by atoms with Gasteiger partial charge in [0.15, 0.2) is 0 Å². The molecule has 0 bridgehead atoms. The molecule has 1 unspecified atom stereocenters. The molecule has 0 aliphatic carbocycles. The molecule has 8 heteroatoms. The van der Waals surface area contributed by atoms with Crippen LogP contribution in [0.15, 0.2) is 9.81 Å². The number of carbonyl (C=O) groups excluding carboxylic acids is 3. The van der Waals surface area contributed by atoms with Gasteiger partial charge in [-0.2, -0.15) is 4.89 Å². The van der Waals surface area contributed by atoms with Crippen molar-refractivity contribution in [1.29, 1.82) is 0 Å². The van der Waals surface area contributed by atoms with Crippen LogP contribution in [-0.4, -0.2) is 35.5 Å². The monoisotopic (exact) mass is 320 g/mol. The summed E-state index contributed by atoms with van der Waals surface area (Å²) < 4.78 is 5.58. The summed E-state index contributed by atoms with van der Waals surface area (Å²) in [5, 5.41) is 0.725. The number of hydrogen-bond donors (Lipinski definition) is 0. The van der Waals surface area contributed by atoms with E-state index >= 15 is 0 Å². The third kappa shape index (κ3) is 4.53. The maximum Gasteiger partial charge on any atom is 0.413 e. The van der Waals surface area contributed by atoms with Crippen molar-refractivity contribution in [2.75, 3.05) is 11.7 Å². The third-order valence-electron chi connectivity index (χ3n) is 2.34. The second-order valence-corrected chi connectivity index (χ2v) is 6.39. The number of hydrogen-bond acceptors (Lipinski definition) is 8. The Balaban J connectivity index is 2.83. The molecule has 1 atom stereocenters. The summed E-state index contributed by atoms with van der Waals surface area (Å²) in [4.78, 5) is 44.1. The summed E-state index contributed by atoms with van der Waals surface area (Å²) >= 11 is 2.64. The van der Waals surface area contributed by atoms with Crippen LogP contribution in [0.25, 0.3) is 0 Å². The molecule has 0 aromatic rings. The van der Waals surface area contributed by atoms with E-state index in [1.54, 1.807) is 13.8 Å². The molecular formula is C12H16O6S2. The molecule has 1 aliphatic heterocycles. The molecule has 1 saturated heterocycles. The highest BCUT2D eigenvalue weighted by atomic mass is 32.3. The van der Waals surface area contributed by atoms with Gasteiger partial charge < -0.3 is 4.74 Å². The Kier molecular flexibility index (Phi) is 7.11. The molecule has 1 fully saturated rings. The van der Waals surface area contributed by atoms with Crippen molar-refractivity contribution in [1.82, 2.24) is 0 Å². The van der Waals surface area contributed by atoms with Crippen LogP contribution in [0.1, 0.15) is 27.2 Å². The van der Waals surface area contributed by atoms with E-state index in [1.807, 2.05) is 6.92 Å². The Morgan fingerprint density at radius 2 is 1.85 bits per heavy atom. The predicted octanol–water partition coefficient (Wildman–Crippen LogP) is 2.04. The minimum Gasteiger partial charge on any atom is -0.459 e. The van der Waals surface area contributed by atoms with Crippen LogP contribution in [0, 0.1) is 0 Å². The molecule has 0 spiro atoms. The van der Waals surface area contributed by atoms with Crippen LogP contribution in [0.4, 0.5) is 0 Å². The summed E-state index contributed by atoms with van der Waals surface area (Å²) in [5.74, 6) is -3.06. The number of rotatable bonds is 7. The first-order valence-corrected chi connectivity index (χ1v) is 8.07. The largest absolute Gasteiger partial charge is 0.459 e. The van der Waals surface area contributed by atoms with Crippen LogP contribution in [-0.2, 0) is 28.9 Å². The molecule has 0 aromatic carbocycles. The SMILES string of the molecule is CCOOC(=O)C(=O)C(C(=O)OC(C)CC)=C1SCS1. The Morgan fingerprint density at radius 1 is 1.20 bits per heavy atom. The quantitative estimate of drug-likeness (QED) is 0.134. The molecule has 0 saturated carbocycles. The lowest BCUT2D eigenvalue weighted by molar-refractivity contribution is -0.266. The zero-order valence-electron chi connectivity index (χ0n) is 11.5. The molecule has 0 amide bonds. The molecular weight excluding hydrogens is 304 g/mol. The van der Waals surface area contributed by atoms with Crippen molar-refractivity contribution < 1.29 is 28.9 Å². The summed E-state index contributed by atoms with van der Waals surface area (Å²) in [5.41, 5.74) is -0.267. The molecule has 112 valence electrons. The van der Waals surface area contributed by atoms with Gasteiger partial charge in [-0.15, -0.1) is 23.5 Å². The normalized spacial score (nSPS) is 15.1. The van der Waals surface area contributed by atoms with Crippen LogP contribution in [0.5, 0.6) is 0 Å². The molecule has 0 N–H and O–H groups in total. The first-order chi connectivity index (χ1) is 9.51. The van der Waals surface area contributed by atoms with Gasteiger partial charge in [-0.05, 0) is 20.3 Å². The van der Waals surface area contributed by atoms with Gasteiger partial charge in [-0.3, -0.25) is 9.68 Å². The minimum atomic E-state index is -1.22. The van der Waals surface area contributed by atoms with Crippen molar-refractivity contribution in [3.8, 4) is 0 Å². The highest BCUT2D eigenvalue weighted by Crippen LogP contribution is 2.45. The third-order valence-corrected chi connectivity index (χ3v) is 4.92. The number of ketones is 1. The van der Waals surface area contributed by atoms with Gasteiger partial charge in [-0.25, -0.2) is 9.59 Å². The summed E-state index contributed by atoms with van der Waals surface area (Å²) in [6.07, 6.45) is 0.288. The van der Waals surface area contributed by atoms with E-state index < -0.39 is 17.7 Å². The molecule has 6 nitrogen and oxygen atoms in total. The van der Waals surface area contributed by atoms with Crippen LogP contribution in [0.2, 0.25) is 0 Å². The van der Waals surface area contributed by atoms with Crippen LogP contribution >= 0.6 is 23.5 Å². The van der Waals surface area contributed by atoms with E-state index in [1.165, 1.54) is 23.5 Å². The second-order valence-electron chi connectivity index (χ2n) is 3.80. The summed E-state index contributed by atoms with van der Waals surface area (Å²) in [6, 6.07) is 0. The topological polar surface area (TPSA) is 78.9 Å². The standard InChI is InChI=1S/C12H16O6S2/c1-4-7(3)17-10(14)8(12-19-6-20-12)9(13)11(15)18-16-5-2/h7H,4-6H2,1-3H3. The second kappa shape index (κ2) is 8.33. The van der Waals surface area contributed by atoms with Gasteiger partial charge in [0.2, 0.25) is 0 Å². The average molecular weight is 320 g/mol. The first-order valence-electron chi connectivity index (χ1n) is 6.10. The number of Topliss-reactive ketones (excluding diaryl/α,β-unsaturated/α-hetero) is 1. The smallest absolute Gasteiger partial charge is 0.413 e.